The third kappa shape index (κ3) is 4.75. The van der Waals surface area contributed by atoms with Crippen molar-refractivity contribution in [1.82, 2.24) is 10.6 Å². The summed E-state index contributed by atoms with van der Waals surface area (Å²) in [6, 6.07) is 2.32. The topological polar surface area (TPSA) is 169 Å². The summed E-state index contributed by atoms with van der Waals surface area (Å²) in [4.78, 5) is 42.4. The Kier molecular flexibility index (Phi) is 8.47. The number of aliphatic hydroxyl groups is 2. The molecular formula is C43H58N2O10. The van der Waals surface area contributed by atoms with Crippen LogP contribution in [0.2, 0.25) is 0 Å². The number of Topliss-reactive ketones (excluding diaryl/α,β-unsaturated/α-hetero) is 1. The first kappa shape index (κ1) is 36.7. The molecule has 2 spiro atoms. The number of fused-ring (bicyclic) bond motifs is 1. The van der Waals surface area contributed by atoms with Gasteiger partial charge in [-0.3, -0.25) is 14.9 Å². The highest BCUT2D eigenvalue weighted by Gasteiger charge is 2.92. The number of carbonyl (C=O) groups is 3. The maximum absolute atomic E-state index is 15.1. The number of allylic oxidation sites excluding steroid dienone is 1. The van der Waals surface area contributed by atoms with Gasteiger partial charge in [-0.2, -0.15) is 0 Å². The van der Waals surface area contributed by atoms with Crippen molar-refractivity contribution in [3.63, 3.8) is 0 Å². The van der Waals surface area contributed by atoms with E-state index in [1.165, 1.54) is 0 Å². The lowest BCUT2D eigenvalue weighted by molar-refractivity contribution is -0.275. The van der Waals surface area contributed by atoms with E-state index in [9.17, 15) is 19.8 Å². The normalized spacial score (nSPS) is 47.8. The molecule has 4 N–H and O–H groups in total. The second-order valence-corrected chi connectivity index (χ2v) is 19.4. The third-order valence-corrected chi connectivity index (χ3v) is 16.9. The van der Waals surface area contributed by atoms with Gasteiger partial charge in [-0.15, -0.1) is 0 Å². The zero-order valence-corrected chi connectivity index (χ0v) is 32.4. The largest absolute Gasteiger partial charge is 0.469 e. The number of furan rings is 1. The number of ether oxygens (including phenoxy) is 4. The van der Waals surface area contributed by atoms with Crippen LogP contribution < -0.4 is 10.6 Å². The van der Waals surface area contributed by atoms with Crippen molar-refractivity contribution in [2.75, 3.05) is 26.4 Å². The highest BCUT2D eigenvalue weighted by molar-refractivity contribution is 5.92. The number of epoxide rings is 1. The van der Waals surface area contributed by atoms with E-state index in [1.807, 2.05) is 19.9 Å². The van der Waals surface area contributed by atoms with Crippen molar-refractivity contribution in [3.8, 4) is 0 Å². The molecule has 14 unspecified atom stereocenters. The Morgan fingerprint density at radius 2 is 1.80 bits per heavy atom. The maximum atomic E-state index is 15.1. The molecule has 5 saturated heterocycles. The molecule has 55 heavy (non-hydrogen) atoms. The van der Waals surface area contributed by atoms with Crippen LogP contribution in [0.5, 0.6) is 0 Å². The fourth-order valence-electron chi connectivity index (χ4n) is 14.8. The summed E-state index contributed by atoms with van der Waals surface area (Å²) in [5, 5.41) is 30.7. The van der Waals surface area contributed by atoms with Gasteiger partial charge in [-0.05, 0) is 88.0 Å². The lowest BCUT2D eigenvalue weighted by atomic mass is 9.33. The Balaban J connectivity index is 1.05. The van der Waals surface area contributed by atoms with Crippen molar-refractivity contribution < 1.29 is 48.0 Å². The lowest BCUT2D eigenvalue weighted by Gasteiger charge is -2.70. The molecule has 0 radical (unpaired) electrons. The SMILES string of the molecule is CC1(C)OC2CC(=O)OCC23C1C(=O)C(O)C1(C2CCCCC2)C3CCC2(C)C(c3ccoc3CC(CO)C3C=CC(C4CNCN4)CC3)OC(=O)C3OC321. The molecular weight excluding hydrogens is 704 g/mol. The molecule has 12 nitrogen and oxygen atoms in total. The van der Waals surface area contributed by atoms with Crippen LogP contribution in [0.25, 0.3) is 0 Å². The fourth-order valence-corrected chi connectivity index (χ4v) is 14.8. The molecule has 6 heterocycles. The van der Waals surface area contributed by atoms with Gasteiger partial charge in [0.25, 0.3) is 0 Å². The lowest BCUT2D eigenvalue weighted by Crippen LogP contribution is -2.79. The van der Waals surface area contributed by atoms with Crippen LogP contribution in [0, 0.1) is 51.8 Å². The van der Waals surface area contributed by atoms with Crippen molar-refractivity contribution in [2.45, 2.75) is 133 Å². The van der Waals surface area contributed by atoms with E-state index >= 15 is 4.79 Å². The third-order valence-electron chi connectivity index (χ3n) is 16.9. The van der Waals surface area contributed by atoms with E-state index in [1.54, 1.807) is 6.26 Å². The molecule has 4 aliphatic carbocycles. The van der Waals surface area contributed by atoms with Gasteiger partial charge < -0.3 is 38.9 Å². The Hall–Kier alpha value is -2.61. The number of rotatable bonds is 7. The summed E-state index contributed by atoms with van der Waals surface area (Å²) >= 11 is 0. The molecule has 0 bridgehead atoms. The average molecular weight is 763 g/mol. The van der Waals surface area contributed by atoms with Crippen molar-refractivity contribution in [2.24, 2.45) is 51.8 Å². The van der Waals surface area contributed by atoms with Gasteiger partial charge in [0.1, 0.15) is 30.2 Å². The summed E-state index contributed by atoms with van der Waals surface area (Å²) in [5.41, 5.74) is -4.17. The van der Waals surface area contributed by atoms with Crippen LogP contribution in [-0.2, 0) is 39.8 Å². The second-order valence-electron chi connectivity index (χ2n) is 19.4. The predicted molar refractivity (Wildman–Crippen MR) is 196 cm³/mol. The number of nitrogens with one attached hydrogen (secondary N) is 2. The quantitative estimate of drug-likeness (QED) is 0.180. The number of hydrogen-bond acceptors (Lipinski definition) is 12. The molecule has 3 saturated carbocycles. The summed E-state index contributed by atoms with van der Waals surface area (Å²) in [6.45, 7) is 7.78. The van der Waals surface area contributed by atoms with Gasteiger partial charge in [-0.25, -0.2) is 4.79 Å². The molecule has 10 rings (SSSR count). The number of aliphatic hydroxyl groups excluding tert-OH is 2. The Bertz CT molecular complexity index is 1760. The average Bonchev–Trinajstić information content (AvgIpc) is 3.44. The molecule has 12 heteroatoms. The molecule has 9 aliphatic rings. The van der Waals surface area contributed by atoms with E-state index in [-0.39, 0.29) is 55.1 Å². The summed E-state index contributed by atoms with van der Waals surface area (Å²) in [5.74, 6) is -0.946. The monoisotopic (exact) mass is 762 g/mol. The van der Waals surface area contributed by atoms with Crippen molar-refractivity contribution >= 4 is 17.7 Å². The summed E-state index contributed by atoms with van der Waals surface area (Å²) in [7, 11) is 0. The molecule has 0 aromatic carbocycles. The van der Waals surface area contributed by atoms with E-state index in [4.69, 9.17) is 23.4 Å². The van der Waals surface area contributed by atoms with Crippen LogP contribution >= 0.6 is 0 Å². The molecule has 1 aromatic heterocycles. The van der Waals surface area contributed by atoms with Gasteiger partial charge in [0.05, 0.1) is 30.3 Å². The highest BCUT2D eigenvalue weighted by Crippen LogP contribution is 2.82. The molecule has 8 fully saturated rings. The molecule has 300 valence electrons. The Labute approximate surface area is 322 Å². The number of esters is 2. The van der Waals surface area contributed by atoms with Crippen LogP contribution in [0.15, 0.2) is 28.9 Å². The zero-order chi connectivity index (χ0) is 38.1. The molecule has 14 atom stereocenters. The van der Waals surface area contributed by atoms with Gasteiger partial charge in [0.15, 0.2) is 11.9 Å². The fraction of sp³-hybridized carbons (Fsp3) is 0.791. The number of carbonyl (C=O) groups excluding carboxylic acids is 3. The Morgan fingerprint density at radius 3 is 2.53 bits per heavy atom. The minimum absolute atomic E-state index is 0.00588. The van der Waals surface area contributed by atoms with Gasteiger partial charge in [0, 0.05) is 54.1 Å². The number of ketones is 1. The first-order chi connectivity index (χ1) is 26.4. The first-order valence-corrected chi connectivity index (χ1v) is 21.2. The van der Waals surface area contributed by atoms with E-state index in [0.29, 0.717) is 37.0 Å². The van der Waals surface area contributed by atoms with Gasteiger partial charge in [0.2, 0.25) is 0 Å². The van der Waals surface area contributed by atoms with E-state index in [2.05, 4.69) is 29.7 Å². The van der Waals surface area contributed by atoms with Crippen LogP contribution in [0.4, 0.5) is 0 Å². The van der Waals surface area contributed by atoms with E-state index < -0.39 is 63.8 Å². The van der Waals surface area contributed by atoms with Crippen LogP contribution in [0.3, 0.4) is 0 Å². The van der Waals surface area contributed by atoms with E-state index in [0.717, 1.165) is 63.7 Å². The zero-order valence-electron chi connectivity index (χ0n) is 32.4. The van der Waals surface area contributed by atoms with Crippen molar-refractivity contribution in [1.29, 1.82) is 0 Å². The molecule has 1 aromatic rings. The molecule has 0 amide bonds. The first-order valence-electron chi connectivity index (χ1n) is 21.2. The summed E-state index contributed by atoms with van der Waals surface area (Å²) in [6.07, 6.45) is 11.0. The highest BCUT2D eigenvalue weighted by atomic mass is 16.7. The van der Waals surface area contributed by atoms with Crippen LogP contribution in [-0.4, -0.2) is 89.9 Å². The minimum Gasteiger partial charge on any atom is -0.469 e. The number of cyclic esters (lactones) is 2. The van der Waals surface area contributed by atoms with Crippen LogP contribution in [0.1, 0.15) is 102 Å². The standard InChI is InChI=1S/C43H58N2O10/c1-39(2)34-33(48)35(49)42(26-7-5-4-6-8-26)30(41(34)21-52-32(47)18-31(41)54-39)13-15-40(3)36(53-38(50)37-43(40,42)55-37)27-14-16-51-29(27)17-25(20-46)23-9-11-24(12-10-23)28-19-44-22-45-28/h9,11,14,16,23-26,28,30-31,34-37,44-46,49H,4-8,10,12-13,15,17-22H2,1-3H3. The second kappa shape index (κ2) is 12.7. The minimum atomic E-state index is -1.40. The summed E-state index contributed by atoms with van der Waals surface area (Å²) < 4.78 is 32.3. The number of hydrogen-bond donors (Lipinski definition) is 4. The molecule has 5 aliphatic heterocycles. The predicted octanol–water partition coefficient (Wildman–Crippen LogP) is 3.92. The van der Waals surface area contributed by atoms with Gasteiger partial charge >= 0.3 is 11.9 Å². The van der Waals surface area contributed by atoms with Crippen molar-refractivity contribution in [3.05, 3.63) is 35.8 Å². The Morgan fingerprint density at radius 1 is 0.982 bits per heavy atom. The smallest absolute Gasteiger partial charge is 0.339 e. The maximum Gasteiger partial charge on any atom is 0.339 e. The van der Waals surface area contributed by atoms with Gasteiger partial charge in [-0.1, -0.05) is 38.3 Å².